The van der Waals surface area contributed by atoms with Crippen LogP contribution >= 0.6 is 11.3 Å². The second-order valence-corrected chi connectivity index (χ2v) is 15.5. The van der Waals surface area contributed by atoms with Crippen molar-refractivity contribution >= 4 is 70.1 Å². The van der Waals surface area contributed by atoms with E-state index in [4.69, 9.17) is 4.74 Å². The molecule has 0 saturated heterocycles. The molecule has 1 unspecified atom stereocenters. The van der Waals surface area contributed by atoms with Gasteiger partial charge in [0.05, 0.1) is 5.41 Å². The van der Waals surface area contributed by atoms with E-state index in [2.05, 4.69) is 193 Å². The second-order valence-electron chi connectivity index (χ2n) is 14.4. The Hall–Kier alpha value is -6.68. The standard InChI is InChI=1S/C51H31NOS/c1-2-12-34-29-35(24-23-32(34)11-1)52(37-25-27-40-39-16-4-8-22-48(39)54-49(40)31-37)36-26-28-44-47(30-36)53-46-21-7-6-19-43(46)51(44)42-18-5-3-15-38(42)41-17-9-13-33-14-10-20-45(51)50(33)41/h1-31H. The lowest BCUT2D eigenvalue weighted by atomic mass is 9.58. The van der Waals surface area contributed by atoms with Gasteiger partial charge in [0, 0.05) is 54.4 Å². The highest BCUT2D eigenvalue weighted by atomic mass is 32.1. The van der Waals surface area contributed by atoms with Crippen molar-refractivity contribution in [2.45, 2.75) is 5.41 Å². The summed E-state index contributed by atoms with van der Waals surface area (Å²) in [7, 11) is 0. The van der Waals surface area contributed by atoms with Crippen LogP contribution in [0.3, 0.4) is 0 Å². The van der Waals surface area contributed by atoms with Crippen molar-refractivity contribution in [3.8, 4) is 22.6 Å². The Bertz CT molecular complexity index is 3170. The fraction of sp³-hybridized carbons (Fsp3) is 0.0196. The van der Waals surface area contributed by atoms with Gasteiger partial charge in [-0.1, -0.05) is 140 Å². The summed E-state index contributed by atoms with van der Waals surface area (Å²) in [6.07, 6.45) is 0. The van der Waals surface area contributed by atoms with Gasteiger partial charge < -0.3 is 9.64 Å². The molecule has 1 spiro atoms. The monoisotopic (exact) mass is 705 g/mol. The quantitative estimate of drug-likeness (QED) is 0.181. The summed E-state index contributed by atoms with van der Waals surface area (Å²) in [4.78, 5) is 2.39. The number of thiophene rings is 1. The Balaban J connectivity index is 1.13. The number of hydrogen-bond acceptors (Lipinski definition) is 3. The largest absolute Gasteiger partial charge is 0.457 e. The van der Waals surface area contributed by atoms with Gasteiger partial charge in [-0.05, 0) is 86.3 Å². The summed E-state index contributed by atoms with van der Waals surface area (Å²) < 4.78 is 9.60. The molecule has 0 amide bonds. The van der Waals surface area contributed by atoms with Crippen molar-refractivity contribution in [2.24, 2.45) is 0 Å². The number of nitrogens with zero attached hydrogens (tertiary/aromatic N) is 1. The van der Waals surface area contributed by atoms with Crippen LogP contribution in [0.5, 0.6) is 11.5 Å². The van der Waals surface area contributed by atoms with Crippen LogP contribution in [-0.2, 0) is 5.41 Å². The molecule has 0 radical (unpaired) electrons. The Kier molecular flexibility index (Phi) is 6.17. The van der Waals surface area contributed by atoms with E-state index < -0.39 is 5.41 Å². The van der Waals surface area contributed by atoms with Gasteiger partial charge in [-0.2, -0.15) is 0 Å². The zero-order valence-corrected chi connectivity index (χ0v) is 30.0. The number of benzene rings is 9. The van der Waals surface area contributed by atoms with Gasteiger partial charge in [-0.3, -0.25) is 0 Å². The van der Waals surface area contributed by atoms with E-state index in [0.29, 0.717) is 0 Å². The molecule has 2 aliphatic rings. The summed E-state index contributed by atoms with van der Waals surface area (Å²) in [6, 6.07) is 69.0. The summed E-state index contributed by atoms with van der Waals surface area (Å²) in [6.45, 7) is 0. The molecule has 0 N–H and O–H groups in total. The predicted molar refractivity (Wildman–Crippen MR) is 226 cm³/mol. The zero-order valence-electron chi connectivity index (χ0n) is 29.2. The third kappa shape index (κ3) is 4.05. The SMILES string of the molecule is c1ccc2c(c1)Oc1cc(N(c3ccc4ccccc4c3)c3ccc4c(c3)sc3ccccc34)ccc1C21c2ccccc2-c2cccc3cccc1c23. The first kappa shape index (κ1) is 29.9. The van der Waals surface area contributed by atoms with Gasteiger partial charge in [0.1, 0.15) is 11.5 Å². The van der Waals surface area contributed by atoms with Gasteiger partial charge >= 0.3 is 0 Å². The van der Waals surface area contributed by atoms with Gasteiger partial charge in [-0.15, -0.1) is 11.3 Å². The minimum atomic E-state index is -0.572. The van der Waals surface area contributed by atoms with Crippen molar-refractivity contribution in [3.63, 3.8) is 0 Å². The third-order valence-corrected chi connectivity index (χ3v) is 12.8. The highest BCUT2D eigenvalue weighted by molar-refractivity contribution is 7.25. The van der Waals surface area contributed by atoms with E-state index >= 15 is 0 Å². The van der Waals surface area contributed by atoms with Crippen LogP contribution in [0.2, 0.25) is 0 Å². The van der Waals surface area contributed by atoms with Crippen molar-refractivity contribution < 1.29 is 4.74 Å². The summed E-state index contributed by atoms with van der Waals surface area (Å²) in [5.41, 5.74) is 10.1. The van der Waals surface area contributed by atoms with Crippen molar-refractivity contribution in [1.82, 2.24) is 0 Å². The highest BCUT2D eigenvalue weighted by Gasteiger charge is 2.49. The first-order valence-corrected chi connectivity index (χ1v) is 19.3. The molecule has 3 heteroatoms. The summed E-state index contributed by atoms with van der Waals surface area (Å²) >= 11 is 1.85. The molecule has 2 heterocycles. The number of anilines is 3. The molecule has 0 fully saturated rings. The van der Waals surface area contributed by atoms with Crippen LogP contribution in [0.1, 0.15) is 22.3 Å². The molecule has 1 atom stereocenters. The Morgan fingerprint density at radius 3 is 1.96 bits per heavy atom. The normalized spacial score (nSPS) is 15.3. The molecule has 9 aromatic carbocycles. The van der Waals surface area contributed by atoms with Crippen LogP contribution in [0.15, 0.2) is 188 Å². The molecule has 0 bridgehead atoms. The van der Waals surface area contributed by atoms with Crippen LogP contribution in [-0.4, -0.2) is 0 Å². The van der Waals surface area contributed by atoms with Crippen molar-refractivity contribution in [1.29, 1.82) is 0 Å². The topological polar surface area (TPSA) is 12.5 Å². The molecule has 1 aliphatic heterocycles. The maximum absolute atomic E-state index is 7.02. The molecular weight excluding hydrogens is 675 g/mol. The van der Waals surface area contributed by atoms with Crippen LogP contribution < -0.4 is 9.64 Å². The highest BCUT2D eigenvalue weighted by Crippen LogP contribution is 2.61. The predicted octanol–water partition coefficient (Wildman–Crippen LogP) is 14.3. The van der Waals surface area contributed by atoms with E-state index in [1.165, 1.54) is 69.5 Å². The molecule has 0 saturated carbocycles. The van der Waals surface area contributed by atoms with Crippen molar-refractivity contribution in [3.05, 3.63) is 210 Å². The fourth-order valence-electron chi connectivity index (χ4n) is 9.44. The molecule has 1 aliphatic carbocycles. The minimum Gasteiger partial charge on any atom is -0.457 e. The third-order valence-electron chi connectivity index (χ3n) is 11.7. The van der Waals surface area contributed by atoms with Crippen LogP contribution in [0, 0.1) is 0 Å². The number of ether oxygens (including phenoxy) is 1. The molecule has 252 valence electrons. The van der Waals surface area contributed by atoms with Gasteiger partial charge in [-0.25, -0.2) is 0 Å². The molecule has 1 aromatic heterocycles. The molecule has 54 heavy (non-hydrogen) atoms. The average molecular weight is 706 g/mol. The number of hydrogen-bond donors (Lipinski definition) is 0. The summed E-state index contributed by atoms with van der Waals surface area (Å²) in [5.74, 6) is 1.75. The van der Waals surface area contributed by atoms with E-state index in [0.717, 1.165) is 34.1 Å². The first-order chi connectivity index (χ1) is 26.8. The maximum Gasteiger partial charge on any atom is 0.134 e. The fourth-order valence-corrected chi connectivity index (χ4v) is 10.6. The van der Waals surface area contributed by atoms with Crippen LogP contribution in [0.4, 0.5) is 17.1 Å². The Morgan fingerprint density at radius 1 is 0.389 bits per heavy atom. The zero-order chi connectivity index (χ0) is 35.4. The van der Waals surface area contributed by atoms with Gasteiger partial charge in [0.2, 0.25) is 0 Å². The smallest absolute Gasteiger partial charge is 0.134 e. The number of rotatable bonds is 3. The molecule has 2 nitrogen and oxygen atoms in total. The van der Waals surface area contributed by atoms with E-state index in [1.807, 2.05) is 11.3 Å². The molecular formula is C51H31NOS. The lowest BCUT2D eigenvalue weighted by Gasteiger charge is -2.45. The molecule has 12 rings (SSSR count). The maximum atomic E-state index is 7.02. The van der Waals surface area contributed by atoms with E-state index in [-0.39, 0.29) is 0 Å². The Labute approximate surface area is 316 Å². The number of fused-ring (bicyclic) bond motifs is 12. The van der Waals surface area contributed by atoms with Crippen LogP contribution in [0.25, 0.3) is 52.8 Å². The minimum absolute atomic E-state index is 0.572. The average Bonchev–Trinajstić information content (AvgIpc) is 3.60. The number of para-hydroxylation sites is 1. The van der Waals surface area contributed by atoms with E-state index in [9.17, 15) is 0 Å². The lowest BCUT2D eigenvalue weighted by molar-refractivity contribution is 0.435. The van der Waals surface area contributed by atoms with Gasteiger partial charge in [0.15, 0.2) is 0 Å². The van der Waals surface area contributed by atoms with Crippen molar-refractivity contribution in [2.75, 3.05) is 4.90 Å². The molecule has 10 aromatic rings. The van der Waals surface area contributed by atoms with E-state index in [1.54, 1.807) is 0 Å². The van der Waals surface area contributed by atoms with Gasteiger partial charge in [0.25, 0.3) is 0 Å². The summed E-state index contributed by atoms with van der Waals surface area (Å²) in [5, 5.41) is 7.57. The lowest BCUT2D eigenvalue weighted by Crippen LogP contribution is -2.36. The first-order valence-electron chi connectivity index (χ1n) is 18.5. The Morgan fingerprint density at radius 2 is 1.02 bits per heavy atom. The second kappa shape index (κ2) is 11.2.